The number of hydrogen-bond acceptors (Lipinski definition) is 5. The molecule has 5 atom stereocenters. The fraction of sp³-hybridized carbons (Fsp3) is 0.486. The zero-order chi connectivity index (χ0) is 27.8. The van der Waals surface area contributed by atoms with Crippen molar-refractivity contribution in [3.63, 3.8) is 0 Å². The second-order valence-electron chi connectivity index (χ2n) is 10.6. The molecule has 0 aliphatic carbocycles. The van der Waals surface area contributed by atoms with Gasteiger partial charge in [-0.15, -0.1) is 0 Å². The molecule has 3 aromatic carbocycles. The molecule has 0 spiro atoms. The topological polar surface area (TPSA) is 46.2 Å². The molecule has 1 aliphatic rings. The first-order valence-corrected chi connectivity index (χ1v) is 15.0. The van der Waals surface area contributed by atoms with Crippen LogP contribution in [-0.4, -0.2) is 37.3 Å². The molecule has 0 amide bonds. The summed E-state index contributed by atoms with van der Waals surface area (Å²) in [6.07, 6.45) is 5.46. The van der Waals surface area contributed by atoms with Gasteiger partial charge in [-0.25, -0.2) is 0 Å². The lowest BCUT2D eigenvalue weighted by Crippen LogP contribution is -2.42. The zero-order valence-corrected chi connectivity index (χ0v) is 24.2. The molecule has 0 saturated carbocycles. The lowest BCUT2D eigenvalue weighted by atomic mass is 10.1. The molecule has 1 saturated heterocycles. The van der Waals surface area contributed by atoms with Crippen LogP contribution >= 0.6 is 0 Å². The average molecular weight is 547 g/mol. The molecule has 0 N–H and O–H groups in total. The molecular weight excluding hydrogens is 500 g/mol. The molecule has 5 nitrogen and oxygen atoms in total. The van der Waals surface area contributed by atoms with Crippen molar-refractivity contribution >= 4 is 0 Å². The molecule has 3 aromatic rings. The fourth-order valence-corrected chi connectivity index (χ4v) is 5.04. The van der Waals surface area contributed by atoms with Crippen LogP contribution in [0.25, 0.3) is 0 Å². The van der Waals surface area contributed by atoms with Crippen molar-refractivity contribution < 1.29 is 23.7 Å². The second-order valence-corrected chi connectivity index (χ2v) is 10.6. The average Bonchev–Trinajstić information content (AvgIpc) is 3.36. The SMILES string of the molecule is CCCCCCCCO[C@@H]1O[C@@H]([C@@H](C)OCc2ccccc2)[C@H](OCc2ccccc2)[C@H]1OCc1ccccc1. The van der Waals surface area contributed by atoms with Crippen molar-refractivity contribution in [2.75, 3.05) is 6.61 Å². The first kappa shape index (κ1) is 30.4. The van der Waals surface area contributed by atoms with Gasteiger partial charge in [0.1, 0.15) is 18.3 Å². The van der Waals surface area contributed by atoms with Crippen LogP contribution in [0.3, 0.4) is 0 Å². The van der Waals surface area contributed by atoms with Crippen LogP contribution in [0.1, 0.15) is 69.1 Å². The Labute approximate surface area is 240 Å². The highest BCUT2D eigenvalue weighted by Crippen LogP contribution is 2.32. The summed E-state index contributed by atoms with van der Waals surface area (Å²) in [5.41, 5.74) is 3.34. The van der Waals surface area contributed by atoms with Crippen molar-refractivity contribution in [1.82, 2.24) is 0 Å². The van der Waals surface area contributed by atoms with E-state index in [1.54, 1.807) is 0 Å². The lowest BCUT2D eigenvalue weighted by Gasteiger charge is -2.27. The van der Waals surface area contributed by atoms with E-state index in [4.69, 9.17) is 23.7 Å². The van der Waals surface area contributed by atoms with Crippen LogP contribution in [0.2, 0.25) is 0 Å². The van der Waals surface area contributed by atoms with Gasteiger partial charge in [-0.05, 0) is 30.0 Å². The van der Waals surface area contributed by atoms with Crippen LogP contribution in [0.15, 0.2) is 91.0 Å². The normalized spacial score (nSPS) is 21.4. The molecule has 5 heteroatoms. The predicted molar refractivity (Wildman–Crippen MR) is 159 cm³/mol. The third-order valence-corrected chi connectivity index (χ3v) is 7.38. The Morgan fingerprint density at radius 2 is 1.10 bits per heavy atom. The molecule has 216 valence electrons. The van der Waals surface area contributed by atoms with Gasteiger partial charge in [0.15, 0.2) is 6.29 Å². The minimum Gasteiger partial charge on any atom is -0.371 e. The number of hydrogen-bond donors (Lipinski definition) is 0. The van der Waals surface area contributed by atoms with Gasteiger partial charge in [-0.1, -0.05) is 130 Å². The molecule has 4 rings (SSSR count). The van der Waals surface area contributed by atoms with Crippen LogP contribution in [0, 0.1) is 0 Å². The highest BCUT2D eigenvalue weighted by molar-refractivity contribution is 5.15. The molecule has 0 unspecified atom stereocenters. The van der Waals surface area contributed by atoms with Gasteiger partial charge in [0.05, 0.1) is 25.9 Å². The molecule has 0 radical (unpaired) electrons. The Morgan fingerprint density at radius 3 is 1.68 bits per heavy atom. The van der Waals surface area contributed by atoms with E-state index < -0.39 is 6.29 Å². The van der Waals surface area contributed by atoms with Crippen molar-refractivity contribution in [1.29, 1.82) is 0 Å². The minimum absolute atomic E-state index is 0.216. The standard InChI is InChI=1S/C35H46O5/c1-3-4-5-6-7-17-24-36-35-34(39-27-31-22-15-10-16-23-31)33(38-26-30-20-13-9-14-21-30)32(40-35)28(2)37-25-29-18-11-8-12-19-29/h8-16,18-23,28,32-35H,3-7,17,24-27H2,1-2H3/t28-,32+,33+,34-,35-/m1/s1. The summed E-state index contributed by atoms with van der Waals surface area (Å²) < 4.78 is 32.3. The number of ether oxygens (including phenoxy) is 5. The minimum atomic E-state index is -0.520. The number of unbranched alkanes of at least 4 members (excludes halogenated alkanes) is 5. The van der Waals surface area contributed by atoms with E-state index in [1.165, 1.54) is 25.7 Å². The van der Waals surface area contributed by atoms with Crippen molar-refractivity contribution in [3.8, 4) is 0 Å². The van der Waals surface area contributed by atoms with Crippen molar-refractivity contribution in [3.05, 3.63) is 108 Å². The van der Waals surface area contributed by atoms with E-state index in [0.717, 1.165) is 29.5 Å². The molecule has 0 bridgehead atoms. The fourth-order valence-electron chi connectivity index (χ4n) is 5.04. The van der Waals surface area contributed by atoms with Crippen LogP contribution in [0.5, 0.6) is 0 Å². The van der Waals surface area contributed by atoms with Crippen molar-refractivity contribution in [2.45, 2.75) is 103 Å². The molecule has 1 fully saturated rings. The smallest absolute Gasteiger partial charge is 0.186 e. The molecule has 1 aliphatic heterocycles. The first-order chi connectivity index (χ1) is 19.7. The molecular formula is C35H46O5. The highest BCUT2D eigenvalue weighted by Gasteiger charge is 2.49. The van der Waals surface area contributed by atoms with E-state index in [2.05, 4.69) is 50.2 Å². The quantitative estimate of drug-likeness (QED) is 0.152. The van der Waals surface area contributed by atoms with Gasteiger partial charge < -0.3 is 23.7 Å². The Kier molecular flexibility index (Phi) is 13.2. The van der Waals surface area contributed by atoms with Gasteiger partial charge in [-0.3, -0.25) is 0 Å². The maximum absolute atomic E-state index is 6.57. The number of rotatable bonds is 18. The van der Waals surface area contributed by atoms with Gasteiger partial charge in [-0.2, -0.15) is 0 Å². The van der Waals surface area contributed by atoms with Gasteiger partial charge >= 0.3 is 0 Å². The summed E-state index contributed by atoms with van der Waals surface area (Å²) in [6.45, 7) is 6.37. The second kappa shape index (κ2) is 17.3. The predicted octanol–water partition coefficient (Wildman–Crippen LogP) is 7.86. The van der Waals surface area contributed by atoms with Crippen LogP contribution < -0.4 is 0 Å². The largest absolute Gasteiger partial charge is 0.371 e. The summed E-state index contributed by atoms with van der Waals surface area (Å²) >= 11 is 0. The van der Waals surface area contributed by atoms with Gasteiger partial charge in [0.2, 0.25) is 0 Å². The van der Waals surface area contributed by atoms with Gasteiger partial charge in [0.25, 0.3) is 0 Å². The van der Waals surface area contributed by atoms with Crippen molar-refractivity contribution in [2.24, 2.45) is 0 Å². The third kappa shape index (κ3) is 9.83. The summed E-state index contributed by atoms with van der Waals surface area (Å²) in [4.78, 5) is 0. The van der Waals surface area contributed by atoms with E-state index in [1.807, 2.05) is 54.6 Å². The Bertz CT molecular complexity index is 1050. The first-order valence-electron chi connectivity index (χ1n) is 15.0. The maximum Gasteiger partial charge on any atom is 0.186 e. The van der Waals surface area contributed by atoms with E-state index in [9.17, 15) is 0 Å². The monoisotopic (exact) mass is 546 g/mol. The molecule has 1 heterocycles. The summed E-state index contributed by atoms with van der Waals surface area (Å²) in [5, 5.41) is 0. The zero-order valence-electron chi connectivity index (χ0n) is 24.2. The lowest BCUT2D eigenvalue weighted by molar-refractivity contribution is -0.192. The van der Waals surface area contributed by atoms with E-state index in [-0.39, 0.29) is 24.4 Å². The Hall–Kier alpha value is -2.54. The summed E-state index contributed by atoms with van der Waals surface area (Å²) in [6, 6.07) is 30.7. The third-order valence-electron chi connectivity index (χ3n) is 7.38. The van der Waals surface area contributed by atoms with Crippen LogP contribution in [0.4, 0.5) is 0 Å². The van der Waals surface area contributed by atoms with E-state index in [0.29, 0.717) is 26.4 Å². The van der Waals surface area contributed by atoms with E-state index >= 15 is 0 Å². The van der Waals surface area contributed by atoms with Gasteiger partial charge in [0, 0.05) is 6.61 Å². The highest BCUT2D eigenvalue weighted by atomic mass is 16.7. The Morgan fingerprint density at radius 1 is 0.600 bits per heavy atom. The maximum atomic E-state index is 6.57. The molecule has 0 aromatic heterocycles. The summed E-state index contributed by atoms with van der Waals surface area (Å²) in [7, 11) is 0. The molecule has 40 heavy (non-hydrogen) atoms. The Balaban J connectivity index is 1.45. The summed E-state index contributed by atoms with van der Waals surface area (Å²) in [5.74, 6) is 0. The number of benzene rings is 3. The van der Waals surface area contributed by atoms with Crippen LogP contribution in [-0.2, 0) is 43.5 Å².